The minimum Gasteiger partial charge on any atom is -0.381 e. The highest BCUT2D eigenvalue weighted by Crippen LogP contribution is 2.36. The van der Waals surface area contributed by atoms with E-state index in [1.807, 2.05) is 25.1 Å². The number of hydrogen-bond acceptors (Lipinski definition) is 8. The Hall–Kier alpha value is -2.97. The third kappa shape index (κ3) is 2.92. The van der Waals surface area contributed by atoms with Gasteiger partial charge in [-0.3, -0.25) is 9.99 Å². The van der Waals surface area contributed by atoms with Crippen molar-refractivity contribution < 1.29 is 9.26 Å². The van der Waals surface area contributed by atoms with Crippen LogP contribution in [0.2, 0.25) is 0 Å². The molecular formula is C19H20N6O2. The zero-order valence-electron chi connectivity index (χ0n) is 15.0. The molecule has 0 unspecified atom stereocenters. The average molecular weight is 364 g/mol. The van der Waals surface area contributed by atoms with E-state index in [9.17, 15) is 0 Å². The van der Waals surface area contributed by atoms with E-state index in [0.29, 0.717) is 17.8 Å². The van der Waals surface area contributed by atoms with E-state index >= 15 is 0 Å². The standard InChI is InChI=1S/C19H20N6O2/c1-12-4-7-20-11-15(12)18-21-19(27-23-18)13-2-3-17-16(10-13)22-24-25(17)14-5-8-26-9-6-14/h2-4,7,10-11,14,22,24H,5-6,8-9H2,1H3. The Balaban J connectivity index is 1.42. The molecule has 2 aliphatic rings. The van der Waals surface area contributed by atoms with Gasteiger partial charge in [-0.25, -0.2) is 0 Å². The molecule has 0 saturated carbocycles. The Bertz CT molecular complexity index is 966. The van der Waals surface area contributed by atoms with Gasteiger partial charge in [-0.1, -0.05) is 5.16 Å². The maximum atomic E-state index is 5.50. The Morgan fingerprint density at radius 1 is 1.19 bits per heavy atom. The molecule has 2 aliphatic heterocycles. The largest absolute Gasteiger partial charge is 0.381 e. The fourth-order valence-electron chi connectivity index (χ4n) is 3.54. The molecule has 0 spiro atoms. The predicted octanol–water partition coefficient (Wildman–Crippen LogP) is 2.94. The van der Waals surface area contributed by atoms with Gasteiger partial charge in [-0.15, -0.1) is 5.53 Å². The lowest BCUT2D eigenvalue weighted by Gasteiger charge is -2.31. The number of benzene rings is 1. The number of aryl methyl sites for hydroxylation is 1. The van der Waals surface area contributed by atoms with Gasteiger partial charge < -0.3 is 14.7 Å². The van der Waals surface area contributed by atoms with Crippen molar-refractivity contribution >= 4 is 11.4 Å². The summed E-state index contributed by atoms with van der Waals surface area (Å²) < 4.78 is 11.0. The third-order valence-corrected chi connectivity index (χ3v) is 5.08. The molecule has 1 aromatic carbocycles. The normalized spacial score (nSPS) is 17.0. The van der Waals surface area contributed by atoms with Crippen molar-refractivity contribution in [1.29, 1.82) is 0 Å². The zero-order chi connectivity index (χ0) is 18.2. The number of anilines is 2. The van der Waals surface area contributed by atoms with Gasteiger partial charge in [0.25, 0.3) is 5.89 Å². The Kier molecular flexibility index (Phi) is 3.99. The quantitative estimate of drug-likeness (QED) is 0.733. The lowest BCUT2D eigenvalue weighted by Crippen LogP contribution is -2.46. The minimum absolute atomic E-state index is 0.418. The van der Waals surface area contributed by atoms with Gasteiger partial charge in [0, 0.05) is 36.7 Å². The molecule has 138 valence electrons. The second kappa shape index (κ2) is 6.64. The number of hydrazine groups is 2. The molecule has 0 bridgehead atoms. The molecule has 1 saturated heterocycles. The smallest absolute Gasteiger partial charge is 0.258 e. The van der Waals surface area contributed by atoms with Crippen LogP contribution < -0.4 is 16.0 Å². The van der Waals surface area contributed by atoms with Crippen molar-refractivity contribution in [3.8, 4) is 22.8 Å². The molecule has 4 heterocycles. The second-order valence-corrected chi connectivity index (χ2v) is 6.80. The number of hydrogen-bond donors (Lipinski definition) is 2. The van der Waals surface area contributed by atoms with Crippen LogP contribution in [0.25, 0.3) is 22.8 Å². The van der Waals surface area contributed by atoms with Crippen LogP contribution in [0.3, 0.4) is 0 Å². The molecule has 3 aromatic rings. The SMILES string of the molecule is Cc1ccncc1-c1noc(-c2ccc3c(c2)NNN3C2CCOCC2)n1. The first-order valence-electron chi connectivity index (χ1n) is 9.07. The first-order valence-corrected chi connectivity index (χ1v) is 9.07. The highest BCUT2D eigenvalue weighted by Gasteiger charge is 2.28. The third-order valence-electron chi connectivity index (χ3n) is 5.08. The van der Waals surface area contributed by atoms with Gasteiger partial charge >= 0.3 is 0 Å². The summed E-state index contributed by atoms with van der Waals surface area (Å²) in [5, 5.41) is 6.30. The van der Waals surface area contributed by atoms with Crippen LogP contribution in [-0.4, -0.2) is 34.4 Å². The Morgan fingerprint density at radius 2 is 2.07 bits per heavy atom. The van der Waals surface area contributed by atoms with E-state index in [2.05, 4.69) is 37.2 Å². The molecule has 2 N–H and O–H groups in total. The summed E-state index contributed by atoms with van der Waals surface area (Å²) in [6.45, 7) is 3.60. The van der Waals surface area contributed by atoms with Crippen LogP contribution >= 0.6 is 0 Å². The van der Waals surface area contributed by atoms with Crippen molar-refractivity contribution in [2.75, 3.05) is 23.6 Å². The number of nitrogens with zero attached hydrogens (tertiary/aromatic N) is 4. The van der Waals surface area contributed by atoms with Crippen LogP contribution in [0.1, 0.15) is 18.4 Å². The number of fused-ring (bicyclic) bond motifs is 1. The van der Waals surface area contributed by atoms with E-state index in [-0.39, 0.29) is 0 Å². The van der Waals surface area contributed by atoms with Gasteiger partial charge in [0.1, 0.15) is 0 Å². The Morgan fingerprint density at radius 3 is 2.93 bits per heavy atom. The number of rotatable bonds is 3. The highest BCUT2D eigenvalue weighted by molar-refractivity contribution is 5.78. The lowest BCUT2D eigenvalue weighted by molar-refractivity contribution is 0.0830. The monoisotopic (exact) mass is 364 g/mol. The van der Waals surface area contributed by atoms with E-state index < -0.39 is 0 Å². The van der Waals surface area contributed by atoms with Crippen molar-refractivity contribution in [3.63, 3.8) is 0 Å². The number of aromatic nitrogens is 3. The first kappa shape index (κ1) is 16.2. The summed E-state index contributed by atoms with van der Waals surface area (Å²) in [6, 6.07) is 8.46. The molecule has 0 atom stereocenters. The van der Waals surface area contributed by atoms with Gasteiger partial charge in [0.2, 0.25) is 5.82 Å². The Labute approximate surface area is 156 Å². The van der Waals surface area contributed by atoms with E-state index in [0.717, 1.165) is 54.1 Å². The van der Waals surface area contributed by atoms with Crippen LogP contribution in [0.4, 0.5) is 11.4 Å². The highest BCUT2D eigenvalue weighted by atomic mass is 16.5. The minimum atomic E-state index is 0.418. The summed E-state index contributed by atoms with van der Waals surface area (Å²) in [7, 11) is 0. The molecular weight excluding hydrogens is 344 g/mol. The number of ether oxygens (including phenoxy) is 1. The van der Waals surface area contributed by atoms with Gasteiger partial charge in [0.15, 0.2) is 0 Å². The van der Waals surface area contributed by atoms with Crippen molar-refractivity contribution in [1.82, 2.24) is 20.7 Å². The van der Waals surface area contributed by atoms with Crippen molar-refractivity contribution in [2.45, 2.75) is 25.8 Å². The van der Waals surface area contributed by atoms with Crippen LogP contribution in [0, 0.1) is 6.92 Å². The van der Waals surface area contributed by atoms with Crippen LogP contribution in [0.5, 0.6) is 0 Å². The zero-order valence-corrected chi connectivity index (χ0v) is 15.0. The fraction of sp³-hybridized carbons (Fsp3) is 0.316. The topological polar surface area (TPSA) is 88.3 Å². The molecule has 5 rings (SSSR count). The summed E-state index contributed by atoms with van der Waals surface area (Å²) in [6.07, 6.45) is 5.52. The average Bonchev–Trinajstić information content (AvgIpc) is 3.36. The van der Waals surface area contributed by atoms with Gasteiger partial charge in [0.05, 0.1) is 17.4 Å². The lowest BCUT2D eigenvalue weighted by atomic mass is 10.1. The predicted molar refractivity (Wildman–Crippen MR) is 101 cm³/mol. The number of pyridine rings is 1. The van der Waals surface area contributed by atoms with Gasteiger partial charge in [-0.2, -0.15) is 4.98 Å². The molecule has 0 amide bonds. The summed E-state index contributed by atoms with van der Waals surface area (Å²) >= 11 is 0. The van der Waals surface area contributed by atoms with Crippen molar-refractivity contribution in [2.24, 2.45) is 0 Å². The maximum absolute atomic E-state index is 5.50. The molecule has 2 aromatic heterocycles. The van der Waals surface area contributed by atoms with E-state index in [1.54, 1.807) is 12.4 Å². The molecule has 1 fully saturated rings. The maximum Gasteiger partial charge on any atom is 0.258 e. The van der Waals surface area contributed by atoms with Crippen LogP contribution in [0.15, 0.2) is 41.2 Å². The van der Waals surface area contributed by atoms with Gasteiger partial charge in [-0.05, 0) is 49.6 Å². The molecule has 0 aliphatic carbocycles. The first-order chi connectivity index (χ1) is 13.3. The van der Waals surface area contributed by atoms with E-state index in [1.165, 1.54) is 0 Å². The van der Waals surface area contributed by atoms with Crippen molar-refractivity contribution in [3.05, 3.63) is 42.2 Å². The summed E-state index contributed by atoms with van der Waals surface area (Å²) in [5.41, 5.74) is 11.4. The van der Waals surface area contributed by atoms with Crippen LogP contribution in [-0.2, 0) is 4.74 Å². The molecule has 8 heteroatoms. The molecule has 0 radical (unpaired) electrons. The van der Waals surface area contributed by atoms with E-state index in [4.69, 9.17) is 9.26 Å². The second-order valence-electron chi connectivity index (χ2n) is 6.80. The number of nitrogens with one attached hydrogen (secondary N) is 2. The molecule has 27 heavy (non-hydrogen) atoms. The fourth-order valence-corrected chi connectivity index (χ4v) is 3.54. The summed E-state index contributed by atoms with van der Waals surface area (Å²) in [5.74, 6) is 1.04. The summed E-state index contributed by atoms with van der Waals surface area (Å²) in [4.78, 5) is 8.70. The molecule has 8 nitrogen and oxygen atoms in total.